The SMILES string of the molecule is COc1ncccc1-c1cccc2c(N)c3c(O)n(C4CCCC4)cc3nc12. The third kappa shape index (κ3) is 2.41. The lowest BCUT2D eigenvalue weighted by atomic mass is 10.0. The van der Waals surface area contributed by atoms with E-state index in [-0.39, 0.29) is 5.88 Å². The van der Waals surface area contributed by atoms with Gasteiger partial charge in [-0.1, -0.05) is 31.0 Å². The molecule has 4 aromatic rings. The monoisotopic (exact) mass is 374 g/mol. The quantitative estimate of drug-likeness (QED) is 0.544. The zero-order chi connectivity index (χ0) is 19.3. The number of ether oxygens (including phenoxy) is 1. The Hall–Kier alpha value is -3.28. The van der Waals surface area contributed by atoms with E-state index in [9.17, 15) is 5.11 Å². The van der Waals surface area contributed by atoms with Crippen LogP contribution in [0.4, 0.5) is 5.69 Å². The first-order valence-electron chi connectivity index (χ1n) is 9.60. The van der Waals surface area contributed by atoms with Crippen LogP contribution < -0.4 is 10.5 Å². The molecule has 1 fully saturated rings. The molecule has 0 atom stereocenters. The molecule has 0 radical (unpaired) electrons. The molecule has 0 unspecified atom stereocenters. The van der Waals surface area contributed by atoms with Gasteiger partial charge in [-0.15, -0.1) is 0 Å². The Labute approximate surface area is 162 Å². The predicted molar refractivity (Wildman–Crippen MR) is 111 cm³/mol. The van der Waals surface area contributed by atoms with E-state index in [1.54, 1.807) is 13.3 Å². The summed E-state index contributed by atoms with van der Waals surface area (Å²) in [6.45, 7) is 0. The molecule has 3 heterocycles. The van der Waals surface area contributed by atoms with Crippen molar-refractivity contribution in [3.05, 3.63) is 42.7 Å². The van der Waals surface area contributed by atoms with Crippen molar-refractivity contribution in [1.29, 1.82) is 0 Å². The molecule has 0 saturated heterocycles. The summed E-state index contributed by atoms with van der Waals surface area (Å²) in [5, 5.41) is 12.3. The van der Waals surface area contributed by atoms with Crippen LogP contribution in [0, 0.1) is 0 Å². The second-order valence-corrected chi connectivity index (χ2v) is 7.35. The second kappa shape index (κ2) is 6.41. The highest BCUT2D eigenvalue weighted by molar-refractivity contribution is 6.12. The van der Waals surface area contributed by atoms with Crippen LogP contribution in [0.5, 0.6) is 11.8 Å². The van der Waals surface area contributed by atoms with Crippen molar-refractivity contribution >= 4 is 27.5 Å². The molecule has 5 rings (SSSR count). The number of rotatable bonds is 3. The number of aromatic nitrogens is 3. The molecule has 1 aromatic carbocycles. The van der Waals surface area contributed by atoms with Gasteiger partial charge in [-0.05, 0) is 25.0 Å². The molecular weight excluding hydrogens is 352 g/mol. The molecule has 3 aromatic heterocycles. The largest absolute Gasteiger partial charge is 0.494 e. The van der Waals surface area contributed by atoms with Gasteiger partial charge in [0.05, 0.1) is 29.2 Å². The summed E-state index contributed by atoms with van der Waals surface area (Å²) < 4.78 is 7.39. The van der Waals surface area contributed by atoms with Gasteiger partial charge < -0.3 is 20.1 Å². The highest BCUT2D eigenvalue weighted by Gasteiger charge is 2.24. The first-order valence-corrected chi connectivity index (χ1v) is 9.60. The summed E-state index contributed by atoms with van der Waals surface area (Å²) in [7, 11) is 1.61. The van der Waals surface area contributed by atoms with E-state index in [0.29, 0.717) is 28.5 Å². The number of hydrogen-bond acceptors (Lipinski definition) is 5. The molecule has 6 nitrogen and oxygen atoms in total. The molecule has 0 aliphatic heterocycles. The topological polar surface area (TPSA) is 86.2 Å². The molecule has 28 heavy (non-hydrogen) atoms. The van der Waals surface area contributed by atoms with Crippen LogP contribution in [0.1, 0.15) is 31.7 Å². The smallest absolute Gasteiger partial charge is 0.221 e. The Balaban J connectivity index is 1.80. The number of fused-ring (bicyclic) bond motifs is 2. The number of hydrogen-bond donors (Lipinski definition) is 2. The second-order valence-electron chi connectivity index (χ2n) is 7.35. The van der Waals surface area contributed by atoms with Gasteiger partial charge >= 0.3 is 0 Å². The van der Waals surface area contributed by atoms with Gasteiger partial charge in [0, 0.05) is 34.9 Å². The van der Waals surface area contributed by atoms with Gasteiger partial charge in [-0.2, -0.15) is 0 Å². The van der Waals surface area contributed by atoms with E-state index in [2.05, 4.69) is 4.98 Å². The first kappa shape index (κ1) is 16.9. The number of para-hydroxylation sites is 1. The third-order valence-corrected chi connectivity index (χ3v) is 5.79. The summed E-state index contributed by atoms with van der Waals surface area (Å²) in [5.74, 6) is 0.764. The van der Waals surface area contributed by atoms with E-state index in [4.69, 9.17) is 15.5 Å². The highest BCUT2D eigenvalue weighted by atomic mass is 16.5. The normalized spacial score (nSPS) is 14.9. The van der Waals surface area contributed by atoms with Crippen molar-refractivity contribution in [2.45, 2.75) is 31.7 Å². The lowest BCUT2D eigenvalue weighted by Gasteiger charge is -2.12. The minimum atomic E-state index is 0.221. The number of nitrogens with two attached hydrogens (primary N) is 1. The van der Waals surface area contributed by atoms with Crippen molar-refractivity contribution in [3.8, 4) is 22.9 Å². The van der Waals surface area contributed by atoms with Crippen LogP contribution in [0.15, 0.2) is 42.7 Å². The number of pyridine rings is 2. The van der Waals surface area contributed by atoms with Crippen molar-refractivity contribution in [2.75, 3.05) is 12.8 Å². The average molecular weight is 374 g/mol. The summed E-state index contributed by atoms with van der Waals surface area (Å²) in [4.78, 5) is 9.21. The fraction of sp³-hybridized carbons (Fsp3) is 0.273. The van der Waals surface area contributed by atoms with Gasteiger partial charge in [-0.25, -0.2) is 9.97 Å². The molecule has 6 heteroatoms. The number of aromatic hydroxyl groups is 1. The van der Waals surface area contributed by atoms with Crippen molar-refractivity contribution in [1.82, 2.24) is 14.5 Å². The summed E-state index contributed by atoms with van der Waals surface area (Å²) in [5.41, 5.74) is 10.3. The minimum Gasteiger partial charge on any atom is -0.494 e. The van der Waals surface area contributed by atoms with Gasteiger partial charge in [0.15, 0.2) is 0 Å². The Bertz CT molecular complexity index is 1190. The standard InChI is InChI=1S/C22H22N4O2/c1-28-21-15(10-5-11-24-21)14-8-4-9-16-19(23)18-17(25-20(14)16)12-26(22(18)27)13-6-2-3-7-13/h4-5,8-13,27H,2-3,6-7,23H2,1H3. The molecule has 0 bridgehead atoms. The van der Waals surface area contributed by atoms with E-state index in [1.165, 1.54) is 12.8 Å². The molecule has 142 valence electrons. The fourth-order valence-corrected chi connectivity index (χ4v) is 4.42. The first-order chi connectivity index (χ1) is 13.7. The van der Waals surface area contributed by atoms with Crippen LogP contribution in [-0.2, 0) is 0 Å². The van der Waals surface area contributed by atoms with Crippen LogP contribution in [0.2, 0.25) is 0 Å². The fourth-order valence-electron chi connectivity index (χ4n) is 4.42. The van der Waals surface area contributed by atoms with Crippen molar-refractivity contribution < 1.29 is 9.84 Å². The summed E-state index contributed by atoms with van der Waals surface area (Å²) in [6.07, 6.45) is 8.17. The van der Waals surface area contributed by atoms with Gasteiger partial charge in [0.1, 0.15) is 0 Å². The lowest BCUT2D eigenvalue weighted by Crippen LogP contribution is -2.01. The molecule has 1 aliphatic rings. The Kier molecular flexibility index (Phi) is 3.86. The third-order valence-electron chi connectivity index (χ3n) is 5.79. The Morgan fingerprint density at radius 3 is 2.71 bits per heavy atom. The maximum Gasteiger partial charge on any atom is 0.221 e. The molecule has 3 N–H and O–H groups in total. The average Bonchev–Trinajstić information content (AvgIpc) is 3.36. The Morgan fingerprint density at radius 1 is 1.14 bits per heavy atom. The van der Waals surface area contributed by atoms with E-state index in [0.717, 1.165) is 34.9 Å². The van der Waals surface area contributed by atoms with Crippen molar-refractivity contribution in [2.24, 2.45) is 0 Å². The van der Waals surface area contributed by atoms with Crippen LogP contribution >= 0.6 is 0 Å². The van der Waals surface area contributed by atoms with E-state index in [1.807, 2.05) is 41.1 Å². The van der Waals surface area contributed by atoms with Gasteiger partial charge in [0.25, 0.3) is 0 Å². The van der Waals surface area contributed by atoms with E-state index >= 15 is 0 Å². The molecule has 1 saturated carbocycles. The van der Waals surface area contributed by atoms with Gasteiger partial charge in [-0.3, -0.25) is 0 Å². The minimum absolute atomic E-state index is 0.221. The van der Waals surface area contributed by atoms with Crippen LogP contribution in [0.25, 0.3) is 32.9 Å². The maximum absolute atomic E-state index is 10.9. The predicted octanol–water partition coefficient (Wildman–Crippen LogP) is 4.66. The molecule has 1 aliphatic carbocycles. The number of nitrogen functional groups attached to an aromatic ring is 1. The maximum atomic E-state index is 10.9. The zero-order valence-electron chi connectivity index (χ0n) is 15.7. The molecule has 0 spiro atoms. The number of methoxy groups -OCH3 is 1. The van der Waals surface area contributed by atoms with Crippen molar-refractivity contribution in [3.63, 3.8) is 0 Å². The number of benzene rings is 1. The number of nitrogens with zero attached hydrogens (tertiary/aromatic N) is 3. The summed E-state index contributed by atoms with van der Waals surface area (Å²) >= 11 is 0. The Morgan fingerprint density at radius 2 is 1.93 bits per heavy atom. The van der Waals surface area contributed by atoms with Gasteiger partial charge in [0.2, 0.25) is 11.8 Å². The van der Waals surface area contributed by atoms with Crippen LogP contribution in [0.3, 0.4) is 0 Å². The zero-order valence-corrected chi connectivity index (χ0v) is 15.7. The number of anilines is 1. The summed E-state index contributed by atoms with van der Waals surface area (Å²) in [6, 6.07) is 10.0. The highest BCUT2D eigenvalue weighted by Crippen LogP contribution is 2.43. The lowest BCUT2D eigenvalue weighted by molar-refractivity contribution is 0.387. The van der Waals surface area contributed by atoms with E-state index < -0.39 is 0 Å². The molecular formula is C22H22N4O2. The van der Waals surface area contributed by atoms with Crippen LogP contribution in [-0.4, -0.2) is 26.8 Å². The molecule has 0 amide bonds.